The maximum Gasteiger partial charge on any atom is 0.320 e. The topological polar surface area (TPSA) is 52.6 Å². The van der Waals surface area contributed by atoms with Crippen LogP contribution in [0.4, 0.5) is 0 Å². The molecule has 2 N–H and O–H groups in total. The number of hydrogen-bond acceptors (Lipinski definition) is 3. The fourth-order valence-electron chi connectivity index (χ4n) is 0.937. The Morgan fingerprint density at radius 3 is 2.29 bits per heavy atom. The van der Waals surface area contributed by atoms with Gasteiger partial charge in [-0.2, -0.15) is 0 Å². The molecule has 0 amide bonds. The molecular weight excluding hydrogens is 180 g/mol. The number of rotatable bonds is 6. The lowest BCUT2D eigenvalue weighted by Gasteiger charge is -2.33. The summed E-state index contributed by atoms with van der Waals surface area (Å²) in [6, 6.07) is -0.436. The minimum atomic E-state index is -0.776. The number of carboxylic acid groups (broad SMARTS) is 1. The Morgan fingerprint density at radius 1 is 1.50 bits per heavy atom. The maximum atomic E-state index is 10.7. The molecule has 4 nitrogen and oxygen atoms in total. The highest BCUT2D eigenvalue weighted by Crippen LogP contribution is 2.08. The quantitative estimate of drug-likeness (QED) is 0.668. The van der Waals surface area contributed by atoms with Gasteiger partial charge >= 0.3 is 5.97 Å². The van der Waals surface area contributed by atoms with E-state index in [2.05, 4.69) is 24.1 Å². The molecule has 0 bridgehead atoms. The van der Waals surface area contributed by atoms with Crippen molar-refractivity contribution in [3.8, 4) is 0 Å². The smallest absolute Gasteiger partial charge is 0.320 e. The number of hydrogen-bond donors (Lipinski definition) is 2. The Balaban J connectivity index is 4.09. The van der Waals surface area contributed by atoms with Crippen molar-refractivity contribution >= 4 is 5.97 Å². The van der Waals surface area contributed by atoms with Gasteiger partial charge in [0.25, 0.3) is 0 Å². The van der Waals surface area contributed by atoms with Crippen molar-refractivity contribution in [3.05, 3.63) is 0 Å². The Bertz CT molecular complexity index is 191. The van der Waals surface area contributed by atoms with Gasteiger partial charge in [-0.25, -0.2) is 0 Å². The SMILES string of the molecule is CCC(NCC(C)(C)N(C)C)C(=O)O. The molecule has 0 saturated carbocycles. The van der Waals surface area contributed by atoms with Gasteiger partial charge in [-0.15, -0.1) is 0 Å². The summed E-state index contributed by atoms with van der Waals surface area (Å²) in [4.78, 5) is 12.8. The largest absolute Gasteiger partial charge is 0.480 e. The van der Waals surface area contributed by atoms with Crippen molar-refractivity contribution in [3.63, 3.8) is 0 Å². The minimum absolute atomic E-state index is 0.0249. The van der Waals surface area contributed by atoms with Gasteiger partial charge in [-0.05, 0) is 34.4 Å². The summed E-state index contributed by atoms with van der Waals surface area (Å²) in [6.45, 7) is 6.70. The summed E-state index contributed by atoms with van der Waals surface area (Å²) in [5, 5.41) is 11.9. The second-order valence-corrected chi connectivity index (χ2v) is 4.39. The average molecular weight is 202 g/mol. The lowest BCUT2D eigenvalue weighted by molar-refractivity contribution is -0.139. The summed E-state index contributed by atoms with van der Waals surface area (Å²) in [5.41, 5.74) is -0.0249. The zero-order valence-corrected chi connectivity index (χ0v) is 9.79. The molecule has 0 aliphatic heterocycles. The zero-order chi connectivity index (χ0) is 11.4. The van der Waals surface area contributed by atoms with Gasteiger partial charge in [0.15, 0.2) is 0 Å². The first-order chi connectivity index (χ1) is 6.31. The van der Waals surface area contributed by atoms with E-state index in [-0.39, 0.29) is 5.54 Å². The second-order valence-electron chi connectivity index (χ2n) is 4.39. The van der Waals surface area contributed by atoms with Gasteiger partial charge < -0.3 is 15.3 Å². The van der Waals surface area contributed by atoms with E-state index >= 15 is 0 Å². The van der Waals surface area contributed by atoms with Gasteiger partial charge in [0.2, 0.25) is 0 Å². The third-order valence-electron chi connectivity index (χ3n) is 2.70. The summed E-state index contributed by atoms with van der Waals surface area (Å²) in [5.74, 6) is -0.776. The molecule has 0 aromatic heterocycles. The molecule has 0 spiro atoms. The number of carbonyl (C=O) groups is 1. The Hall–Kier alpha value is -0.610. The zero-order valence-electron chi connectivity index (χ0n) is 9.79. The van der Waals surface area contributed by atoms with Crippen LogP contribution in [0, 0.1) is 0 Å². The van der Waals surface area contributed by atoms with E-state index in [4.69, 9.17) is 5.11 Å². The number of carboxylic acids is 1. The van der Waals surface area contributed by atoms with E-state index in [1.54, 1.807) is 0 Å². The van der Waals surface area contributed by atoms with E-state index < -0.39 is 12.0 Å². The van der Waals surface area contributed by atoms with Crippen molar-refractivity contribution in [2.24, 2.45) is 0 Å². The van der Waals surface area contributed by atoms with E-state index in [0.29, 0.717) is 13.0 Å². The molecule has 0 fully saturated rings. The van der Waals surface area contributed by atoms with E-state index in [0.717, 1.165) is 0 Å². The molecule has 0 aromatic carbocycles. The van der Waals surface area contributed by atoms with Crippen LogP contribution in [0.5, 0.6) is 0 Å². The number of aliphatic carboxylic acids is 1. The first-order valence-corrected chi connectivity index (χ1v) is 4.95. The van der Waals surface area contributed by atoms with Crippen LogP contribution in [0.15, 0.2) is 0 Å². The highest BCUT2D eigenvalue weighted by atomic mass is 16.4. The normalized spacial score (nSPS) is 14.4. The first-order valence-electron chi connectivity index (χ1n) is 4.95. The first kappa shape index (κ1) is 13.4. The Kier molecular flexibility index (Phi) is 5.08. The molecule has 0 aliphatic carbocycles. The summed E-state index contributed by atoms with van der Waals surface area (Å²) < 4.78 is 0. The number of nitrogens with one attached hydrogen (secondary N) is 1. The summed E-state index contributed by atoms with van der Waals surface area (Å²) >= 11 is 0. The molecule has 84 valence electrons. The van der Waals surface area contributed by atoms with Gasteiger partial charge in [-0.3, -0.25) is 4.79 Å². The lowest BCUT2D eigenvalue weighted by Crippen LogP contribution is -2.50. The lowest BCUT2D eigenvalue weighted by atomic mass is 10.0. The average Bonchev–Trinajstić information content (AvgIpc) is 2.04. The molecule has 1 unspecified atom stereocenters. The van der Waals surface area contributed by atoms with Crippen molar-refractivity contribution in [1.29, 1.82) is 0 Å². The molecule has 14 heavy (non-hydrogen) atoms. The minimum Gasteiger partial charge on any atom is -0.480 e. The van der Waals surface area contributed by atoms with E-state index in [9.17, 15) is 4.79 Å². The van der Waals surface area contributed by atoms with Crippen LogP contribution in [0.2, 0.25) is 0 Å². The second kappa shape index (κ2) is 5.32. The monoisotopic (exact) mass is 202 g/mol. The molecule has 0 aromatic rings. The van der Waals surface area contributed by atoms with E-state index in [1.807, 2.05) is 21.0 Å². The van der Waals surface area contributed by atoms with Gasteiger partial charge in [0, 0.05) is 12.1 Å². The standard InChI is InChI=1S/C10H22N2O2/c1-6-8(9(13)14)11-7-10(2,3)12(4)5/h8,11H,6-7H2,1-5H3,(H,13,14). The predicted octanol–water partition coefficient (Wildman–Crippen LogP) is 0.779. The van der Waals surface area contributed by atoms with Crippen molar-refractivity contribution in [1.82, 2.24) is 10.2 Å². The van der Waals surface area contributed by atoms with Crippen LogP contribution in [0.3, 0.4) is 0 Å². The molecule has 1 atom stereocenters. The highest BCUT2D eigenvalue weighted by molar-refractivity contribution is 5.73. The van der Waals surface area contributed by atoms with E-state index in [1.165, 1.54) is 0 Å². The molecule has 0 saturated heterocycles. The number of likely N-dealkylation sites (N-methyl/N-ethyl adjacent to an activating group) is 1. The summed E-state index contributed by atoms with van der Waals surface area (Å²) in [7, 11) is 3.98. The third-order valence-corrected chi connectivity index (χ3v) is 2.70. The molecule has 0 radical (unpaired) electrons. The molecular formula is C10H22N2O2. The fraction of sp³-hybridized carbons (Fsp3) is 0.900. The Labute approximate surface area is 86.3 Å². The van der Waals surface area contributed by atoms with Crippen molar-refractivity contribution < 1.29 is 9.90 Å². The maximum absolute atomic E-state index is 10.7. The van der Waals surface area contributed by atoms with Crippen LogP contribution in [0.1, 0.15) is 27.2 Å². The number of nitrogens with zero attached hydrogens (tertiary/aromatic N) is 1. The van der Waals surface area contributed by atoms with Crippen molar-refractivity contribution in [2.75, 3.05) is 20.6 Å². The van der Waals surface area contributed by atoms with Crippen LogP contribution in [-0.2, 0) is 4.79 Å². The Morgan fingerprint density at radius 2 is 2.00 bits per heavy atom. The molecule has 0 rings (SSSR count). The predicted molar refractivity (Wildman–Crippen MR) is 57.5 cm³/mol. The van der Waals surface area contributed by atoms with Gasteiger partial charge in [-0.1, -0.05) is 6.92 Å². The van der Waals surface area contributed by atoms with Crippen molar-refractivity contribution in [2.45, 2.75) is 38.8 Å². The van der Waals surface area contributed by atoms with Crippen LogP contribution in [0.25, 0.3) is 0 Å². The summed E-state index contributed by atoms with van der Waals surface area (Å²) in [6.07, 6.45) is 0.610. The third kappa shape index (κ3) is 4.07. The van der Waals surface area contributed by atoms with Crippen LogP contribution >= 0.6 is 0 Å². The van der Waals surface area contributed by atoms with Gasteiger partial charge in [0.1, 0.15) is 6.04 Å². The highest BCUT2D eigenvalue weighted by Gasteiger charge is 2.23. The molecule has 0 heterocycles. The molecule has 4 heteroatoms. The van der Waals surface area contributed by atoms with Crippen LogP contribution < -0.4 is 5.32 Å². The van der Waals surface area contributed by atoms with Crippen LogP contribution in [-0.4, -0.2) is 48.2 Å². The fourth-order valence-corrected chi connectivity index (χ4v) is 0.937. The van der Waals surface area contributed by atoms with Gasteiger partial charge in [0.05, 0.1) is 0 Å². The molecule has 0 aliphatic rings.